The molecule has 220 valence electrons. The van der Waals surface area contributed by atoms with Crippen LogP contribution < -0.4 is 9.47 Å². The van der Waals surface area contributed by atoms with Crippen LogP contribution in [0.4, 0.5) is 0 Å². The van der Waals surface area contributed by atoms with Crippen molar-refractivity contribution >= 4 is 23.2 Å². The van der Waals surface area contributed by atoms with Gasteiger partial charge < -0.3 is 19.3 Å². The molecule has 0 spiro atoms. The number of rotatable bonds is 14. The maximum Gasteiger partial charge on any atom is 0.242 e. The molecule has 0 aliphatic heterocycles. The summed E-state index contributed by atoms with van der Waals surface area (Å²) in [6.07, 6.45) is 0.645. The number of carbonyl (C=O) groups is 2. The molecule has 0 atom stereocenters. The van der Waals surface area contributed by atoms with Crippen molar-refractivity contribution in [1.82, 2.24) is 9.80 Å². The standard InChI is InChI=1S/C35H40N2O4S/c1-26(2)23-37(35(39)34(28-12-7-5-8-13-28)29-14-9-6-10-15-29)25-33(38)36(24-30-16-11-21-42-30)20-19-27-17-18-31(40-3)32(22-27)41-4/h5-18,21-22,26,34H,19-20,23-25H2,1-4H3. The summed E-state index contributed by atoms with van der Waals surface area (Å²) < 4.78 is 10.9. The Hall–Kier alpha value is -4.10. The van der Waals surface area contributed by atoms with E-state index in [4.69, 9.17) is 9.47 Å². The number of nitrogens with zero attached hydrogens (tertiary/aromatic N) is 2. The number of amides is 2. The predicted molar refractivity (Wildman–Crippen MR) is 169 cm³/mol. The van der Waals surface area contributed by atoms with Gasteiger partial charge in [0, 0.05) is 18.0 Å². The van der Waals surface area contributed by atoms with Crippen LogP contribution in [0.5, 0.6) is 11.5 Å². The minimum absolute atomic E-state index is 0.0183. The molecule has 4 aromatic rings. The Bertz CT molecular complexity index is 1370. The fourth-order valence-electron chi connectivity index (χ4n) is 5.07. The van der Waals surface area contributed by atoms with Crippen LogP contribution in [0.2, 0.25) is 0 Å². The Kier molecular flexibility index (Phi) is 11.2. The lowest BCUT2D eigenvalue weighted by atomic mass is 9.89. The van der Waals surface area contributed by atoms with E-state index in [9.17, 15) is 9.59 Å². The number of hydrogen-bond donors (Lipinski definition) is 0. The summed E-state index contributed by atoms with van der Waals surface area (Å²) in [5.74, 6) is 0.903. The molecular weight excluding hydrogens is 544 g/mol. The molecule has 42 heavy (non-hydrogen) atoms. The first kappa shape index (κ1) is 30.8. The predicted octanol–water partition coefficient (Wildman–Crippen LogP) is 6.65. The Labute approximate surface area is 253 Å². The van der Waals surface area contributed by atoms with E-state index >= 15 is 0 Å². The van der Waals surface area contributed by atoms with E-state index < -0.39 is 5.92 Å². The normalized spacial score (nSPS) is 11.0. The second-order valence-electron chi connectivity index (χ2n) is 10.7. The molecule has 0 radical (unpaired) electrons. The molecule has 0 N–H and O–H groups in total. The van der Waals surface area contributed by atoms with Crippen LogP contribution in [-0.2, 0) is 22.6 Å². The zero-order valence-corrected chi connectivity index (χ0v) is 25.7. The highest BCUT2D eigenvalue weighted by atomic mass is 32.1. The van der Waals surface area contributed by atoms with Crippen LogP contribution in [0.3, 0.4) is 0 Å². The van der Waals surface area contributed by atoms with E-state index in [-0.39, 0.29) is 24.3 Å². The summed E-state index contributed by atoms with van der Waals surface area (Å²) in [6, 6.07) is 29.5. The summed E-state index contributed by atoms with van der Waals surface area (Å²) in [4.78, 5) is 33.0. The lowest BCUT2D eigenvalue weighted by Crippen LogP contribution is -2.46. The molecule has 0 unspecified atom stereocenters. The summed E-state index contributed by atoms with van der Waals surface area (Å²) in [5.41, 5.74) is 2.87. The van der Waals surface area contributed by atoms with Crippen molar-refractivity contribution in [1.29, 1.82) is 0 Å². The number of thiophene rings is 1. The van der Waals surface area contributed by atoms with Gasteiger partial charge in [-0.25, -0.2) is 0 Å². The molecule has 0 bridgehead atoms. The maximum atomic E-state index is 14.3. The van der Waals surface area contributed by atoms with Crippen molar-refractivity contribution in [2.75, 3.05) is 33.9 Å². The Morgan fingerprint density at radius 1 is 0.786 bits per heavy atom. The zero-order valence-electron chi connectivity index (χ0n) is 24.9. The SMILES string of the molecule is COc1ccc(CCN(Cc2cccs2)C(=O)CN(CC(C)C)C(=O)C(c2ccccc2)c2ccccc2)cc1OC. The van der Waals surface area contributed by atoms with Crippen LogP contribution >= 0.6 is 11.3 Å². The molecule has 0 aliphatic carbocycles. The second-order valence-corrected chi connectivity index (χ2v) is 11.7. The average Bonchev–Trinajstić information content (AvgIpc) is 3.53. The lowest BCUT2D eigenvalue weighted by molar-refractivity contribution is -0.141. The first-order valence-electron chi connectivity index (χ1n) is 14.3. The van der Waals surface area contributed by atoms with Crippen LogP contribution in [0, 0.1) is 5.92 Å². The minimum atomic E-state index is -0.489. The first-order valence-corrected chi connectivity index (χ1v) is 15.2. The number of carbonyl (C=O) groups excluding carboxylic acids is 2. The summed E-state index contributed by atoms with van der Waals surface area (Å²) in [6.45, 7) is 5.66. The van der Waals surface area contributed by atoms with E-state index in [1.165, 1.54) is 0 Å². The maximum absolute atomic E-state index is 14.3. The van der Waals surface area contributed by atoms with Crippen LogP contribution in [-0.4, -0.2) is 55.5 Å². The molecule has 0 saturated heterocycles. The quantitative estimate of drug-likeness (QED) is 0.166. The number of benzene rings is 3. The molecule has 7 heteroatoms. The van der Waals surface area contributed by atoms with Gasteiger partial charge in [0.05, 0.1) is 33.2 Å². The van der Waals surface area contributed by atoms with Gasteiger partial charge in [0.1, 0.15) is 0 Å². The number of methoxy groups -OCH3 is 2. The molecule has 0 saturated carbocycles. The number of ether oxygens (including phenoxy) is 2. The lowest BCUT2D eigenvalue weighted by Gasteiger charge is -2.31. The van der Waals surface area contributed by atoms with Gasteiger partial charge in [-0.3, -0.25) is 9.59 Å². The Balaban J connectivity index is 1.58. The third kappa shape index (κ3) is 8.23. The average molecular weight is 585 g/mol. The van der Waals surface area contributed by atoms with Gasteiger partial charge in [0.15, 0.2) is 11.5 Å². The largest absolute Gasteiger partial charge is 0.493 e. The first-order chi connectivity index (χ1) is 20.4. The molecular formula is C35H40N2O4S. The van der Waals surface area contributed by atoms with Gasteiger partial charge in [0.25, 0.3) is 0 Å². The van der Waals surface area contributed by atoms with Crippen LogP contribution in [0.25, 0.3) is 0 Å². The summed E-state index contributed by atoms with van der Waals surface area (Å²) in [5, 5.41) is 2.02. The monoisotopic (exact) mass is 584 g/mol. The van der Waals surface area contributed by atoms with Gasteiger partial charge in [-0.2, -0.15) is 0 Å². The molecule has 0 aliphatic rings. The van der Waals surface area contributed by atoms with Gasteiger partial charge in [-0.1, -0.05) is 86.6 Å². The van der Waals surface area contributed by atoms with Crippen molar-refractivity contribution < 1.29 is 19.1 Å². The number of hydrogen-bond acceptors (Lipinski definition) is 5. The molecule has 1 aromatic heterocycles. The van der Waals surface area contributed by atoms with Gasteiger partial charge in [-0.05, 0) is 52.6 Å². The van der Waals surface area contributed by atoms with E-state index in [1.807, 2.05) is 101 Å². The van der Waals surface area contributed by atoms with Crippen LogP contribution in [0.15, 0.2) is 96.4 Å². The third-order valence-electron chi connectivity index (χ3n) is 7.13. The molecule has 2 amide bonds. The zero-order chi connectivity index (χ0) is 29.9. The van der Waals surface area contributed by atoms with E-state index in [2.05, 4.69) is 13.8 Å². The topological polar surface area (TPSA) is 59.1 Å². The van der Waals surface area contributed by atoms with Gasteiger partial charge >= 0.3 is 0 Å². The second kappa shape index (κ2) is 15.2. The fraction of sp³-hybridized carbons (Fsp3) is 0.314. The van der Waals surface area contributed by atoms with Crippen molar-refractivity contribution in [3.05, 3.63) is 118 Å². The molecule has 4 rings (SSSR count). The Morgan fingerprint density at radius 3 is 1.98 bits per heavy atom. The van der Waals surface area contributed by atoms with Crippen molar-refractivity contribution in [2.24, 2.45) is 5.92 Å². The van der Waals surface area contributed by atoms with Crippen molar-refractivity contribution in [3.8, 4) is 11.5 Å². The van der Waals surface area contributed by atoms with Gasteiger partial charge in [-0.15, -0.1) is 11.3 Å². The van der Waals surface area contributed by atoms with Gasteiger partial charge in [0.2, 0.25) is 11.8 Å². The van der Waals surface area contributed by atoms with E-state index in [0.29, 0.717) is 37.6 Å². The molecule has 6 nitrogen and oxygen atoms in total. The summed E-state index contributed by atoms with van der Waals surface area (Å²) in [7, 11) is 3.23. The third-order valence-corrected chi connectivity index (χ3v) is 8.00. The highest BCUT2D eigenvalue weighted by Gasteiger charge is 2.30. The van der Waals surface area contributed by atoms with Crippen molar-refractivity contribution in [2.45, 2.75) is 32.7 Å². The fourth-order valence-corrected chi connectivity index (χ4v) is 5.79. The Morgan fingerprint density at radius 2 is 1.43 bits per heavy atom. The van der Waals surface area contributed by atoms with Crippen molar-refractivity contribution in [3.63, 3.8) is 0 Å². The smallest absolute Gasteiger partial charge is 0.242 e. The highest BCUT2D eigenvalue weighted by molar-refractivity contribution is 7.09. The van der Waals surface area contributed by atoms with E-state index in [1.54, 1.807) is 30.5 Å². The molecule has 3 aromatic carbocycles. The van der Waals surface area contributed by atoms with E-state index in [0.717, 1.165) is 21.6 Å². The summed E-state index contributed by atoms with van der Waals surface area (Å²) >= 11 is 1.63. The molecule has 0 fully saturated rings. The van der Waals surface area contributed by atoms with Crippen LogP contribution in [0.1, 0.15) is 41.3 Å². The minimum Gasteiger partial charge on any atom is -0.493 e. The highest BCUT2D eigenvalue weighted by Crippen LogP contribution is 2.29. The molecule has 1 heterocycles.